The van der Waals surface area contributed by atoms with Gasteiger partial charge in [0.15, 0.2) is 0 Å². The predicted octanol–water partition coefficient (Wildman–Crippen LogP) is 0.903. The molecule has 15 nitrogen and oxygen atoms in total. The standard InChI is InChI=1S/C25H32ClN7O8/c26-16-13-15(7-8-17(16)32-25(40)41)30-23(38)18(5-4-11-28-24(27)39)31-20(35)14-29-19(34)6-2-1-3-12-33-21(36)9-10-22(33)37/h7-10,13,18,32H,1-6,11-12,14H2,(H,29,34)(H,30,38)(H,31,35)(H,40,41)(H3,27,28,39). The van der Waals surface area contributed by atoms with Crippen LogP contribution in [0.25, 0.3) is 0 Å². The van der Waals surface area contributed by atoms with Gasteiger partial charge in [0.05, 0.1) is 17.3 Å². The lowest BCUT2D eigenvalue weighted by molar-refractivity contribution is -0.137. The van der Waals surface area contributed by atoms with E-state index in [4.69, 9.17) is 22.4 Å². The molecule has 0 saturated heterocycles. The monoisotopic (exact) mass is 593 g/mol. The summed E-state index contributed by atoms with van der Waals surface area (Å²) in [4.78, 5) is 83.4. The number of carbonyl (C=O) groups is 7. The highest BCUT2D eigenvalue weighted by Gasteiger charge is 2.23. The average Bonchev–Trinajstić information content (AvgIpc) is 3.22. The van der Waals surface area contributed by atoms with Gasteiger partial charge in [0, 0.05) is 37.3 Å². The molecule has 0 aliphatic carbocycles. The lowest BCUT2D eigenvalue weighted by atomic mass is 10.1. The van der Waals surface area contributed by atoms with E-state index in [1.165, 1.54) is 30.4 Å². The maximum atomic E-state index is 12.9. The van der Waals surface area contributed by atoms with Crippen LogP contribution in [0.1, 0.15) is 38.5 Å². The van der Waals surface area contributed by atoms with Crippen molar-refractivity contribution in [2.75, 3.05) is 30.3 Å². The summed E-state index contributed by atoms with van der Waals surface area (Å²) in [6.07, 6.45) is 3.27. The molecule has 1 aliphatic heterocycles. The lowest BCUT2D eigenvalue weighted by Crippen LogP contribution is -2.47. The summed E-state index contributed by atoms with van der Waals surface area (Å²) in [5.74, 6) is -2.33. The van der Waals surface area contributed by atoms with Crippen LogP contribution < -0.4 is 32.3 Å². The highest BCUT2D eigenvalue weighted by molar-refractivity contribution is 6.34. The first-order chi connectivity index (χ1) is 19.5. The van der Waals surface area contributed by atoms with Crippen LogP contribution in [0.15, 0.2) is 30.4 Å². The highest BCUT2D eigenvalue weighted by Crippen LogP contribution is 2.25. The first kappa shape index (κ1) is 32.6. The van der Waals surface area contributed by atoms with Crippen molar-refractivity contribution in [3.63, 3.8) is 0 Å². The first-order valence-electron chi connectivity index (χ1n) is 12.7. The second kappa shape index (κ2) is 16.4. The molecule has 1 aromatic carbocycles. The number of anilines is 2. The molecule has 1 atom stereocenters. The summed E-state index contributed by atoms with van der Waals surface area (Å²) in [5, 5.41) is 21.0. The zero-order chi connectivity index (χ0) is 30.4. The number of nitrogens with one attached hydrogen (secondary N) is 5. The number of benzene rings is 1. The van der Waals surface area contributed by atoms with Gasteiger partial charge in [0.25, 0.3) is 11.8 Å². The summed E-state index contributed by atoms with van der Waals surface area (Å²) < 4.78 is 0. The maximum Gasteiger partial charge on any atom is 0.409 e. The summed E-state index contributed by atoms with van der Waals surface area (Å²) >= 11 is 6.05. The number of unbranched alkanes of at least 4 members (excludes halogenated alkanes) is 2. The Morgan fingerprint density at radius 3 is 2.27 bits per heavy atom. The van der Waals surface area contributed by atoms with Gasteiger partial charge in [-0.2, -0.15) is 0 Å². The number of rotatable bonds is 16. The van der Waals surface area contributed by atoms with E-state index in [0.717, 1.165) is 4.90 Å². The van der Waals surface area contributed by atoms with Gasteiger partial charge in [0.1, 0.15) is 6.04 Å². The normalized spacial score (nSPS) is 13.0. The third-order valence-electron chi connectivity index (χ3n) is 5.73. The summed E-state index contributed by atoms with van der Waals surface area (Å²) in [6.45, 7) is 0.0400. The number of nitrogens with two attached hydrogens (primary N) is 1. The fourth-order valence-corrected chi connectivity index (χ4v) is 3.95. The first-order valence-corrected chi connectivity index (χ1v) is 13.1. The van der Waals surface area contributed by atoms with Gasteiger partial charge in [0.2, 0.25) is 17.7 Å². The molecule has 0 spiro atoms. The van der Waals surface area contributed by atoms with Crippen molar-refractivity contribution in [1.29, 1.82) is 0 Å². The van der Waals surface area contributed by atoms with E-state index in [1.54, 1.807) is 0 Å². The van der Waals surface area contributed by atoms with Gasteiger partial charge >= 0.3 is 12.1 Å². The molecule has 1 unspecified atom stereocenters. The van der Waals surface area contributed by atoms with E-state index in [0.29, 0.717) is 25.7 Å². The van der Waals surface area contributed by atoms with Crippen molar-refractivity contribution in [1.82, 2.24) is 20.9 Å². The van der Waals surface area contributed by atoms with E-state index in [9.17, 15) is 33.6 Å². The molecular weight excluding hydrogens is 562 g/mol. The molecule has 0 fully saturated rings. The van der Waals surface area contributed by atoms with E-state index in [-0.39, 0.29) is 66.6 Å². The topological polar surface area (TPSA) is 229 Å². The van der Waals surface area contributed by atoms with E-state index < -0.39 is 30.0 Å². The second-order valence-corrected chi connectivity index (χ2v) is 9.32. The van der Waals surface area contributed by atoms with Crippen molar-refractivity contribution >= 4 is 64.6 Å². The summed E-state index contributed by atoms with van der Waals surface area (Å²) in [5.41, 5.74) is 5.40. The number of hydrogen-bond acceptors (Lipinski definition) is 7. The van der Waals surface area contributed by atoms with Gasteiger partial charge < -0.3 is 32.1 Å². The van der Waals surface area contributed by atoms with Gasteiger partial charge in [-0.15, -0.1) is 0 Å². The van der Waals surface area contributed by atoms with Crippen LogP contribution >= 0.6 is 11.6 Å². The van der Waals surface area contributed by atoms with Crippen molar-refractivity contribution in [3.05, 3.63) is 35.4 Å². The number of hydrogen-bond donors (Lipinski definition) is 7. The van der Waals surface area contributed by atoms with Crippen molar-refractivity contribution < 1.29 is 38.7 Å². The predicted molar refractivity (Wildman–Crippen MR) is 148 cm³/mol. The smallest absolute Gasteiger partial charge is 0.409 e. The molecule has 41 heavy (non-hydrogen) atoms. The Bertz CT molecular complexity index is 1190. The van der Waals surface area contributed by atoms with Gasteiger partial charge in [-0.05, 0) is 43.9 Å². The SMILES string of the molecule is NC(=O)NCCCC(NC(=O)CNC(=O)CCCCCN1C(=O)C=CC1=O)C(=O)Nc1ccc(NC(=O)O)c(Cl)c1. The van der Waals surface area contributed by atoms with Crippen LogP contribution in [0.2, 0.25) is 5.02 Å². The van der Waals surface area contributed by atoms with Crippen molar-refractivity contribution in [2.24, 2.45) is 5.73 Å². The largest absolute Gasteiger partial charge is 0.465 e. The third kappa shape index (κ3) is 11.9. The summed E-state index contributed by atoms with van der Waals surface area (Å²) in [7, 11) is 0. The molecular formula is C25H32ClN7O8. The number of urea groups is 1. The third-order valence-corrected chi connectivity index (χ3v) is 6.04. The zero-order valence-corrected chi connectivity index (χ0v) is 22.8. The Hall–Kier alpha value is -4.66. The van der Waals surface area contributed by atoms with Crippen LogP contribution in [0, 0.1) is 0 Å². The summed E-state index contributed by atoms with van der Waals surface area (Å²) in [6, 6.07) is 2.32. The second-order valence-electron chi connectivity index (χ2n) is 8.92. The van der Waals surface area contributed by atoms with Gasteiger partial charge in [-0.25, -0.2) is 9.59 Å². The molecule has 16 heteroatoms. The Labute approximate surface area is 240 Å². The van der Waals surface area contributed by atoms with Crippen LogP contribution in [0.4, 0.5) is 21.0 Å². The van der Waals surface area contributed by atoms with Crippen LogP contribution in [-0.2, 0) is 24.0 Å². The number of primary amides is 1. The molecule has 1 aromatic rings. The van der Waals surface area contributed by atoms with Crippen LogP contribution in [0.5, 0.6) is 0 Å². The highest BCUT2D eigenvalue weighted by atomic mass is 35.5. The number of imide groups is 1. The fourth-order valence-electron chi connectivity index (χ4n) is 3.72. The molecule has 222 valence electrons. The van der Waals surface area contributed by atoms with E-state index >= 15 is 0 Å². The van der Waals surface area contributed by atoms with Crippen LogP contribution in [-0.4, -0.2) is 77.3 Å². The number of nitrogens with zero attached hydrogens (tertiary/aromatic N) is 1. The molecule has 0 bridgehead atoms. The average molecular weight is 594 g/mol. The fraction of sp³-hybridized carbons (Fsp3) is 0.400. The van der Waals surface area contributed by atoms with E-state index in [1.807, 2.05) is 0 Å². The number of amides is 8. The molecule has 1 heterocycles. The Balaban J connectivity index is 1.82. The molecule has 8 amide bonds. The minimum atomic E-state index is -1.31. The molecule has 1 aliphatic rings. The van der Waals surface area contributed by atoms with Gasteiger partial charge in [-0.1, -0.05) is 18.0 Å². The maximum absolute atomic E-state index is 12.9. The molecule has 0 radical (unpaired) electrons. The lowest BCUT2D eigenvalue weighted by Gasteiger charge is -2.19. The van der Waals surface area contributed by atoms with Gasteiger partial charge in [-0.3, -0.25) is 34.2 Å². The molecule has 2 rings (SSSR count). The number of halogens is 1. The molecule has 0 saturated carbocycles. The Morgan fingerprint density at radius 1 is 0.927 bits per heavy atom. The minimum Gasteiger partial charge on any atom is -0.465 e. The van der Waals surface area contributed by atoms with Crippen molar-refractivity contribution in [3.8, 4) is 0 Å². The van der Waals surface area contributed by atoms with E-state index in [2.05, 4.69) is 26.6 Å². The Morgan fingerprint density at radius 2 is 1.63 bits per heavy atom. The quantitative estimate of drug-likeness (QED) is 0.107. The van der Waals surface area contributed by atoms with Crippen LogP contribution in [0.3, 0.4) is 0 Å². The number of carbonyl (C=O) groups excluding carboxylic acids is 6. The zero-order valence-electron chi connectivity index (χ0n) is 22.0. The molecule has 0 aromatic heterocycles. The molecule has 8 N–H and O–H groups in total. The Kier molecular flexibility index (Phi) is 13.1. The number of carboxylic acid groups (broad SMARTS) is 1. The minimum absolute atomic E-state index is 0.0363. The van der Waals surface area contributed by atoms with Crippen molar-refractivity contribution in [2.45, 2.75) is 44.6 Å².